The van der Waals surface area contributed by atoms with Gasteiger partial charge in [-0.05, 0) is 19.3 Å². The highest BCUT2D eigenvalue weighted by Crippen LogP contribution is 2.05. The number of hydrogen-bond donors (Lipinski definition) is 3. The third-order valence-electron chi connectivity index (χ3n) is 2.26. The van der Waals surface area contributed by atoms with E-state index in [1.807, 2.05) is 0 Å². The summed E-state index contributed by atoms with van der Waals surface area (Å²) in [7, 11) is 0. The summed E-state index contributed by atoms with van der Waals surface area (Å²) < 4.78 is 4.87. The summed E-state index contributed by atoms with van der Waals surface area (Å²) in [5, 5.41) is 5.67. The molecule has 0 aromatic heterocycles. The van der Waals surface area contributed by atoms with Crippen molar-refractivity contribution >= 4 is 12.1 Å². The van der Waals surface area contributed by atoms with Gasteiger partial charge in [-0.1, -0.05) is 19.9 Å². The molecule has 1 unspecified atom stereocenters. The molecule has 0 radical (unpaired) electrons. The molecule has 19 heavy (non-hydrogen) atoms. The minimum absolute atomic E-state index is 0.0804. The van der Waals surface area contributed by atoms with Crippen molar-refractivity contribution in [1.82, 2.24) is 10.6 Å². The van der Waals surface area contributed by atoms with Crippen LogP contribution in [0.5, 0.6) is 0 Å². The summed E-state index contributed by atoms with van der Waals surface area (Å²) in [6.45, 7) is 10.9. The summed E-state index contributed by atoms with van der Waals surface area (Å²) in [6.07, 6.45) is 2.10. The second-order valence-electron chi connectivity index (χ2n) is 4.59. The maximum absolute atomic E-state index is 11.4. The van der Waals surface area contributed by atoms with Crippen LogP contribution < -0.4 is 16.4 Å². The van der Waals surface area contributed by atoms with Crippen molar-refractivity contribution in [2.24, 2.45) is 16.6 Å². The summed E-state index contributed by atoms with van der Waals surface area (Å²) in [4.78, 5) is 15.6. The molecule has 0 aromatic rings. The molecule has 0 aliphatic heterocycles. The second kappa shape index (κ2) is 10.2. The highest BCUT2D eigenvalue weighted by molar-refractivity contribution is 5.78. The van der Waals surface area contributed by atoms with Crippen molar-refractivity contribution in [3.8, 4) is 0 Å². The second-order valence-corrected chi connectivity index (χ2v) is 4.59. The van der Waals surface area contributed by atoms with Crippen LogP contribution in [0, 0.1) is 5.92 Å². The van der Waals surface area contributed by atoms with Crippen LogP contribution in [-0.2, 0) is 4.74 Å². The zero-order chi connectivity index (χ0) is 14.7. The Kier molecular flexibility index (Phi) is 9.30. The number of ether oxygens (including phenoxy) is 1. The van der Waals surface area contributed by atoms with Crippen molar-refractivity contribution in [2.45, 2.75) is 33.2 Å². The maximum Gasteiger partial charge on any atom is 0.407 e. The van der Waals surface area contributed by atoms with Gasteiger partial charge < -0.3 is 21.1 Å². The molecule has 0 bridgehead atoms. The lowest BCUT2D eigenvalue weighted by Gasteiger charge is -2.18. The zero-order valence-corrected chi connectivity index (χ0v) is 12.1. The highest BCUT2D eigenvalue weighted by atomic mass is 16.5. The Balaban J connectivity index is 4.33. The number of aliphatic imine (C=N–C) groups is 1. The van der Waals surface area contributed by atoms with Gasteiger partial charge in [0.15, 0.2) is 5.96 Å². The van der Waals surface area contributed by atoms with Crippen LogP contribution in [0.2, 0.25) is 0 Å². The molecule has 0 aromatic carbocycles. The molecule has 1 amide bonds. The van der Waals surface area contributed by atoms with E-state index in [0.29, 0.717) is 31.6 Å². The van der Waals surface area contributed by atoms with E-state index < -0.39 is 6.09 Å². The van der Waals surface area contributed by atoms with E-state index in [1.54, 1.807) is 13.0 Å². The van der Waals surface area contributed by atoms with Crippen LogP contribution in [0.3, 0.4) is 0 Å². The number of nitrogens with zero attached hydrogens (tertiary/aromatic N) is 1. The lowest BCUT2D eigenvalue weighted by atomic mass is 10.0. The largest absolute Gasteiger partial charge is 0.450 e. The van der Waals surface area contributed by atoms with Gasteiger partial charge in [0.25, 0.3) is 0 Å². The Labute approximate surface area is 115 Å². The first-order chi connectivity index (χ1) is 8.99. The van der Waals surface area contributed by atoms with Gasteiger partial charge in [-0.2, -0.15) is 0 Å². The summed E-state index contributed by atoms with van der Waals surface area (Å²) in [6, 6.07) is -0.0804. The first-order valence-electron chi connectivity index (χ1n) is 6.57. The molecule has 0 aliphatic rings. The fraction of sp³-hybridized carbons (Fsp3) is 0.692. The van der Waals surface area contributed by atoms with E-state index in [1.165, 1.54) is 0 Å². The van der Waals surface area contributed by atoms with E-state index in [-0.39, 0.29) is 6.04 Å². The topological polar surface area (TPSA) is 88.7 Å². The summed E-state index contributed by atoms with van der Waals surface area (Å²) in [5.74, 6) is 0.795. The van der Waals surface area contributed by atoms with E-state index in [9.17, 15) is 4.79 Å². The maximum atomic E-state index is 11.4. The SMILES string of the molecule is C=CCNC(N)=NCC(CC(C)C)NC(=O)OCC. The first kappa shape index (κ1) is 17.3. The van der Waals surface area contributed by atoms with Crippen molar-refractivity contribution in [1.29, 1.82) is 0 Å². The lowest BCUT2D eigenvalue weighted by Crippen LogP contribution is -2.40. The van der Waals surface area contributed by atoms with Crippen LogP contribution in [-0.4, -0.2) is 37.8 Å². The highest BCUT2D eigenvalue weighted by Gasteiger charge is 2.14. The van der Waals surface area contributed by atoms with Crippen LogP contribution in [0.15, 0.2) is 17.6 Å². The zero-order valence-electron chi connectivity index (χ0n) is 12.1. The minimum atomic E-state index is -0.416. The number of nitrogens with one attached hydrogen (secondary N) is 2. The number of amides is 1. The van der Waals surface area contributed by atoms with Gasteiger partial charge in [0.05, 0.1) is 19.2 Å². The molecule has 0 fully saturated rings. The van der Waals surface area contributed by atoms with Crippen LogP contribution in [0.25, 0.3) is 0 Å². The fourth-order valence-electron chi connectivity index (χ4n) is 1.53. The predicted molar refractivity (Wildman–Crippen MR) is 78.1 cm³/mol. The molecule has 110 valence electrons. The fourth-order valence-corrected chi connectivity index (χ4v) is 1.53. The van der Waals surface area contributed by atoms with Gasteiger partial charge in [0, 0.05) is 6.54 Å². The summed E-state index contributed by atoms with van der Waals surface area (Å²) in [5.41, 5.74) is 5.68. The van der Waals surface area contributed by atoms with Crippen molar-refractivity contribution in [3.05, 3.63) is 12.7 Å². The molecule has 0 saturated carbocycles. The van der Waals surface area contributed by atoms with Crippen molar-refractivity contribution in [2.75, 3.05) is 19.7 Å². The quantitative estimate of drug-likeness (QED) is 0.352. The van der Waals surface area contributed by atoms with Crippen molar-refractivity contribution < 1.29 is 9.53 Å². The summed E-state index contributed by atoms with van der Waals surface area (Å²) >= 11 is 0. The minimum Gasteiger partial charge on any atom is -0.450 e. The molecule has 6 heteroatoms. The number of carbonyl (C=O) groups is 1. The Morgan fingerprint density at radius 1 is 1.53 bits per heavy atom. The molecule has 0 spiro atoms. The molecule has 4 N–H and O–H groups in total. The number of alkyl carbamates (subject to hydrolysis) is 1. The third kappa shape index (κ3) is 9.93. The predicted octanol–water partition coefficient (Wildman–Crippen LogP) is 1.24. The third-order valence-corrected chi connectivity index (χ3v) is 2.26. The van der Waals surface area contributed by atoms with E-state index in [0.717, 1.165) is 6.42 Å². The molecule has 0 rings (SSSR count). The Bertz CT molecular complexity index is 303. The standard InChI is InChI=1S/C13H26N4O2/c1-5-7-15-12(14)16-9-11(8-10(3)4)17-13(18)19-6-2/h5,10-11H,1,6-9H2,2-4H3,(H,17,18)(H3,14,15,16). The number of rotatable bonds is 8. The number of hydrogen-bond acceptors (Lipinski definition) is 3. The molecule has 1 atom stereocenters. The normalized spacial score (nSPS) is 12.9. The van der Waals surface area contributed by atoms with Crippen molar-refractivity contribution in [3.63, 3.8) is 0 Å². The van der Waals surface area contributed by atoms with Gasteiger partial charge in [-0.15, -0.1) is 6.58 Å². The molecule has 6 nitrogen and oxygen atoms in total. The first-order valence-corrected chi connectivity index (χ1v) is 6.57. The van der Waals surface area contributed by atoms with E-state index >= 15 is 0 Å². The Hall–Kier alpha value is -1.72. The van der Waals surface area contributed by atoms with Gasteiger partial charge >= 0.3 is 6.09 Å². The van der Waals surface area contributed by atoms with Crippen LogP contribution in [0.1, 0.15) is 27.2 Å². The van der Waals surface area contributed by atoms with Gasteiger partial charge in [-0.25, -0.2) is 4.79 Å². The van der Waals surface area contributed by atoms with E-state index in [4.69, 9.17) is 10.5 Å². The van der Waals surface area contributed by atoms with Gasteiger partial charge in [0.2, 0.25) is 0 Å². The molecule has 0 saturated heterocycles. The van der Waals surface area contributed by atoms with Crippen LogP contribution >= 0.6 is 0 Å². The average molecular weight is 270 g/mol. The number of carbonyl (C=O) groups excluding carboxylic acids is 1. The number of nitrogens with two attached hydrogens (primary N) is 1. The number of guanidine groups is 1. The molecule has 0 aliphatic carbocycles. The molecular formula is C13H26N4O2. The molecular weight excluding hydrogens is 244 g/mol. The van der Waals surface area contributed by atoms with Crippen LogP contribution in [0.4, 0.5) is 4.79 Å². The van der Waals surface area contributed by atoms with Gasteiger partial charge in [0.1, 0.15) is 0 Å². The lowest BCUT2D eigenvalue weighted by molar-refractivity contribution is 0.147. The molecule has 0 heterocycles. The average Bonchev–Trinajstić information content (AvgIpc) is 2.33. The Morgan fingerprint density at radius 3 is 2.74 bits per heavy atom. The smallest absolute Gasteiger partial charge is 0.407 e. The van der Waals surface area contributed by atoms with Gasteiger partial charge in [-0.3, -0.25) is 4.99 Å². The Morgan fingerprint density at radius 2 is 2.21 bits per heavy atom. The monoisotopic (exact) mass is 270 g/mol. The van der Waals surface area contributed by atoms with E-state index in [2.05, 4.69) is 36.1 Å².